The van der Waals surface area contributed by atoms with Crippen molar-refractivity contribution in [1.29, 1.82) is 0 Å². The first-order chi connectivity index (χ1) is 10.6. The summed E-state index contributed by atoms with van der Waals surface area (Å²) in [5.74, 6) is 0.973. The van der Waals surface area contributed by atoms with Crippen molar-refractivity contribution in [3.05, 3.63) is 47.1 Å². The minimum absolute atomic E-state index is 0.202. The van der Waals surface area contributed by atoms with E-state index >= 15 is 0 Å². The van der Waals surface area contributed by atoms with E-state index in [2.05, 4.69) is 27.1 Å². The van der Waals surface area contributed by atoms with Crippen LogP contribution in [0.5, 0.6) is 0 Å². The predicted octanol–water partition coefficient (Wildman–Crippen LogP) is 3.69. The molecule has 0 bridgehead atoms. The van der Waals surface area contributed by atoms with E-state index in [0.29, 0.717) is 17.1 Å². The van der Waals surface area contributed by atoms with E-state index in [-0.39, 0.29) is 5.82 Å². The lowest BCUT2D eigenvalue weighted by Gasteiger charge is -2.25. The van der Waals surface area contributed by atoms with Gasteiger partial charge in [-0.1, -0.05) is 23.7 Å². The van der Waals surface area contributed by atoms with E-state index in [4.69, 9.17) is 11.6 Å². The molecule has 1 aliphatic heterocycles. The van der Waals surface area contributed by atoms with Crippen LogP contribution < -0.4 is 10.2 Å². The second-order valence-electron chi connectivity index (χ2n) is 5.60. The Morgan fingerprint density at radius 3 is 2.68 bits per heavy atom. The van der Waals surface area contributed by atoms with Crippen molar-refractivity contribution in [3.63, 3.8) is 0 Å². The van der Waals surface area contributed by atoms with Gasteiger partial charge >= 0.3 is 0 Å². The van der Waals surface area contributed by atoms with E-state index in [0.717, 1.165) is 30.0 Å². The number of benzene rings is 1. The third-order valence-electron chi connectivity index (χ3n) is 4.22. The average Bonchev–Trinajstić information content (AvgIpc) is 2.89. The molecular formula is C16H18ClFN4. The van der Waals surface area contributed by atoms with Crippen LogP contribution in [0.15, 0.2) is 30.6 Å². The maximum Gasteiger partial charge on any atom is 0.157 e. The van der Waals surface area contributed by atoms with Crippen molar-refractivity contribution >= 4 is 23.1 Å². The Labute approximate surface area is 134 Å². The summed E-state index contributed by atoms with van der Waals surface area (Å²) >= 11 is 6.14. The third-order valence-corrected chi connectivity index (χ3v) is 4.51. The maximum absolute atomic E-state index is 13.1. The number of aromatic nitrogens is 2. The van der Waals surface area contributed by atoms with Crippen LogP contribution >= 0.6 is 11.6 Å². The standard InChI is InChI=1S/C16H18ClFN4/c1-10-7-12(11-3-5-13(18)6-4-11)8-22(10)16-14(19-2)15(17)20-9-21-16/h3-6,9-10,12,19H,7-8H2,1-2H3. The van der Waals surface area contributed by atoms with Gasteiger partial charge in [-0.3, -0.25) is 0 Å². The molecular weight excluding hydrogens is 303 g/mol. The van der Waals surface area contributed by atoms with Gasteiger partial charge in [0.25, 0.3) is 0 Å². The molecule has 6 heteroatoms. The lowest BCUT2D eigenvalue weighted by Crippen LogP contribution is -2.28. The van der Waals surface area contributed by atoms with Crippen LogP contribution in [0.25, 0.3) is 0 Å². The lowest BCUT2D eigenvalue weighted by molar-refractivity contribution is 0.625. The molecule has 2 heterocycles. The van der Waals surface area contributed by atoms with E-state index in [1.807, 2.05) is 19.2 Å². The molecule has 0 spiro atoms. The fraction of sp³-hybridized carbons (Fsp3) is 0.375. The van der Waals surface area contributed by atoms with Crippen LogP contribution in [0.3, 0.4) is 0 Å². The molecule has 2 atom stereocenters. The molecule has 0 aliphatic carbocycles. The highest BCUT2D eigenvalue weighted by molar-refractivity contribution is 6.32. The molecule has 1 saturated heterocycles. The largest absolute Gasteiger partial charge is 0.383 e. The second kappa shape index (κ2) is 6.08. The van der Waals surface area contributed by atoms with Gasteiger partial charge < -0.3 is 10.2 Å². The zero-order chi connectivity index (χ0) is 15.7. The molecule has 116 valence electrons. The molecule has 1 N–H and O–H groups in total. The van der Waals surface area contributed by atoms with Crippen molar-refractivity contribution in [2.45, 2.75) is 25.3 Å². The molecule has 22 heavy (non-hydrogen) atoms. The van der Waals surface area contributed by atoms with Crippen molar-refractivity contribution in [1.82, 2.24) is 9.97 Å². The molecule has 2 unspecified atom stereocenters. The van der Waals surface area contributed by atoms with Gasteiger partial charge in [0.05, 0.1) is 0 Å². The van der Waals surface area contributed by atoms with Gasteiger partial charge in [-0.05, 0) is 31.0 Å². The summed E-state index contributed by atoms with van der Waals surface area (Å²) < 4.78 is 13.1. The minimum Gasteiger partial charge on any atom is -0.383 e. The van der Waals surface area contributed by atoms with E-state index in [9.17, 15) is 4.39 Å². The third kappa shape index (κ3) is 2.73. The molecule has 3 rings (SSSR count). The maximum atomic E-state index is 13.1. The average molecular weight is 321 g/mol. The van der Waals surface area contributed by atoms with Crippen molar-refractivity contribution < 1.29 is 4.39 Å². The number of rotatable bonds is 3. The first kappa shape index (κ1) is 15.0. The molecule has 2 aromatic rings. The fourth-order valence-corrected chi connectivity index (χ4v) is 3.31. The summed E-state index contributed by atoms with van der Waals surface area (Å²) in [7, 11) is 1.81. The lowest BCUT2D eigenvalue weighted by atomic mass is 9.97. The van der Waals surface area contributed by atoms with Crippen LogP contribution in [-0.4, -0.2) is 29.6 Å². The SMILES string of the molecule is CNc1c(Cl)ncnc1N1CC(c2ccc(F)cc2)CC1C. The van der Waals surface area contributed by atoms with Gasteiger partial charge in [0.2, 0.25) is 0 Å². The number of hydrogen-bond donors (Lipinski definition) is 1. The smallest absolute Gasteiger partial charge is 0.157 e. The van der Waals surface area contributed by atoms with Gasteiger partial charge in [0.15, 0.2) is 11.0 Å². The Morgan fingerprint density at radius 1 is 1.27 bits per heavy atom. The summed E-state index contributed by atoms with van der Waals surface area (Å²) in [5.41, 5.74) is 1.90. The highest BCUT2D eigenvalue weighted by atomic mass is 35.5. The Bertz CT molecular complexity index is 662. The zero-order valence-corrected chi connectivity index (χ0v) is 13.3. The Balaban J connectivity index is 1.88. The van der Waals surface area contributed by atoms with Crippen LogP contribution in [0.1, 0.15) is 24.8 Å². The molecule has 1 fully saturated rings. The highest BCUT2D eigenvalue weighted by Gasteiger charge is 2.32. The van der Waals surface area contributed by atoms with Gasteiger partial charge in [-0.2, -0.15) is 0 Å². The van der Waals surface area contributed by atoms with Gasteiger partial charge in [0, 0.05) is 25.6 Å². The highest BCUT2D eigenvalue weighted by Crippen LogP contribution is 2.38. The van der Waals surface area contributed by atoms with Gasteiger partial charge in [-0.15, -0.1) is 0 Å². The Hall–Kier alpha value is -1.88. The molecule has 0 amide bonds. The van der Waals surface area contributed by atoms with E-state index < -0.39 is 0 Å². The number of nitrogens with one attached hydrogen (secondary N) is 1. The zero-order valence-electron chi connectivity index (χ0n) is 12.6. The quantitative estimate of drug-likeness (QED) is 0.876. The van der Waals surface area contributed by atoms with Crippen LogP contribution in [0.2, 0.25) is 5.15 Å². The Morgan fingerprint density at radius 2 is 2.00 bits per heavy atom. The molecule has 1 aromatic heterocycles. The van der Waals surface area contributed by atoms with Gasteiger partial charge in [0.1, 0.15) is 17.8 Å². The van der Waals surface area contributed by atoms with Crippen molar-refractivity contribution in [2.24, 2.45) is 0 Å². The van der Waals surface area contributed by atoms with Crippen LogP contribution in [-0.2, 0) is 0 Å². The van der Waals surface area contributed by atoms with Crippen molar-refractivity contribution in [3.8, 4) is 0 Å². The molecule has 0 saturated carbocycles. The summed E-state index contributed by atoms with van der Waals surface area (Å²) in [5, 5.41) is 3.50. The molecule has 0 radical (unpaired) electrons. The number of halogens is 2. The fourth-order valence-electron chi connectivity index (χ4n) is 3.09. The summed E-state index contributed by atoms with van der Waals surface area (Å²) in [4.78, 5) is 10.6. The Kier molecular flexibility index (Phi) is 4.16. The van der Waals surface area contributed by atoms with E-state index in [1.165, 1.54) is 18.5 Å². The monoisotopic (exact) mass is 320 g/mol. The van der Waals surface area contributed by atoms with Gasteiger partial charge in [-0.25, -0.2) is 14.4 Å². The first-order valence-electron chi connectivity index (χ1n) is 7.30. The minimum atomic E-state index is -0.202. The molecule has 1 aromatic carbocycles. The number of hydrogen-bond acceptors (Lipinski definition) is 4. The van der Waals surface area contributed by atoms with Crippen LogP contribution in [0, 0.1) is 5.82 Å². The number of anilines is 2. The van der Waals surface area contributed by atoms with Crippen molar-refractivity contribution in [2.75, 3.05) is 23.8 Å². The predicted molar refractivity (Wildman–Crippen MR) is 87.2 cm³/mol. The van der Waals surface area contributed by atoms with E-state index in [1.54, 1.807) is 0 Å². The van der Waals surface area contributed by atoms with Crippen LogP contribution in [0.4, 0.5) is 15.9 Å². The topological polar surface area (TPSA) is 41.1 Å². The first-order valence-corrected chi connectivity index (χ1v) is 7.68. The number of nitrogens with zero attached hydrogens (tertiary/aromatic N) is 3. The second-order valence-corrected chi connectivity index (χ2v) is 5.96. The molecule has 1 aliphatic rings. The molecule has 4 nitrogen and oxygen atoms in total. The summed E-state index contributed by atoms with van der Waals surface area (Å²) in [6.45, 7) is 2.99. The summed E-state index contributed by atoms with van der Waals surface area (Å²) in [6, 6.07) is 7.09. The summed E-state index contributed by atoms with van der Waals surface area (Å²) in [6.07, 6.45) is 2.48. The normalized spacial score (nSPS) is 21.2.